The number of amides is 1. The second kappa shape index (κ2) is 10.0. The largest absolute Gasteiger partial charge is 0.497 e. The molecule has 3 rings (SSSR count). The van der Waals surface area contributed by atoms with Crippen molar-refractivity contribution in [2.45, 2.75) is 6.61 Å². The zero-order valence-corrected chi connectivity index (χ0v) is 16.5. The quantitative estimate of drug-likeness (QED) is 0.537. The molecule has 0 aliphatic carbocycles. The first-order chi connectivity index (χ1) is 14.6. The van der Waals surface area contributed by atoms with Crippen LogP contribution in [0.1, 0.15) is 16.3 Å². The average Bonchev–Trinajstić information content (AvgIpc) is 3.26. The number of hydrogen-bond donors (Lipinski definition) is 1. The Kier molecular flexibility index (Phi) is 6.94. The Labute approximate surface area is 173 Å². The van der Waals surface area contributed by atoms with Crippen LogP contribution < -0.4 is 19.5 Å². The molecule has 0 bridgehead atoms. The highest BCUT2D eigenvalue weighted by molar-refractivity contribution is 5.95. The van der Waals surface area contributed by atoms with Crippen LogP contribution in [0.25, 0.3) is 0 Å². The fraction of sp³-hybridized carbons (Fsp3) is 0.182. The van der Waals surface area contributed by atoms with Crippen LogP contribution in [0.2, 0.25) is 0 Å². The SMILES string of the molecule is COc1ccc(OC)c(NC(=O)COC(=O)c2ccc(COc3ccccc3)o2)c1. The highest BCUT2D eigenvalue weighted by Crippen LogP contribution is 2.28. The number of anilines is 1. The molecule has 0 unspecified atom stereocenters. The van der Waals surface area contributed by atoms with Crippen LogP contribution in [0, 0.1) is 0 Å². The number of methoxy groups -OCH3 is 2. The van der Waals surface area contributed by atoms with Crippen LogP contribution in [0.15, 0.2) is 65.1 Å². The van der Waals surface area contributed by atoms with Gasteiger partial charge in [-0.25, -0.2) is 4.79 Å². The number of nitrogens with one attached hydrogen (secondary N) is 1. The van der Waals surface area contributed by atoms with Crippen molar-refractivity contribution in [1.82, 2.24) is 0 Å². The third-order valence-corrected chi connectivity index (χ3v) is 4.00. The smallest absolute Gasteiger partial charge is 0.374 e. The molecule has 30 heavy (non-hydrogen) atoms. The summed E-state index contributed by atoms with van der Waals surface area (Å²) in [6.45, 7) is -0.330. The van der Waals surface area contributed by atoms with Gasteiger partial charge >= 0.3 is 5.97 Å². The molecule has 2 aromatic carbocycles. The van der Waals surface area contributed by atoms with E-state index in [1.54, 1.807) is 24.3 Å². The molecule has 156 valence electrons. The van der Waals surface area contributed by atoms with Crippen molar-refractivity contribution >= 4 is 17.6 Å². The maximum Gasteiger partial charge on any atom is 0.374 e. The molecule has 3 aromatic rings. The van der Waals surface area contributed by atoms with E-state index in [-0.39, 0.29) is 12.4 Å². The van der Waals surface area contributed by atoms with Crippen molar-refractivity contribution in [3.8, 4) is 17.2 Å². The summed E-state index contributed by atoms with van der Waals surface area (Å²) < 4.78 is 26.3. The van der Waals surface area contributed by atoms with Crippen molar-refractivity contribution in [2.75, 3.05) is 26.1 Å². The zero-order valence-electron chi connectivity index (χ0n) is 16.5. The summed E-state index contributed by atoms with van der Waals surface area (Å²) in [5, 5.41) is 2.61. The Balaban J connectivity index is 1.51. The number of benzene rings is 2. The Morgan fingerprint density at radius 2 is 1.73 bits per heavy atom. The Hall–Kier alpha value is -3.94. The van der Waals surface area contributed by atoms with Crippen molar-refractivity contribution in [2.24, 2.45) is 0 Å². The molecule has 0 spiro atoms. The second-order valence-corrected chi connectivity index (χ2v) is 6.06. The van der Waals surface area contributed by atoms with Gasteiger partial charge in [0.05, 0.1) is 19.9 Å². The third-order valence-electron chi connectivity index (χ3n) is 4.00. The van der Waals surface area contributed by atoms with Crippen molar-refractivity contribution in [1.29, 1.82) is 0 Å². The van der Waals surface area contributed by atoms with E-state index in [1.165, 1.54) is 20.3 Å². The summed E-state index contributed by atoms with van der Waals surface area (Å²) >= 11 is 0. The van der Waals surface area contributed by atoms with Crippen LogP contribution in [0.5, 0.6) is 17.2 Å². The van der Waals surface area contributed by atoms with Gasteiger partial charge in [-0.1, -0.05) is 18.2 Å². The number of para-hydroxylation sites is 1. The molecule has 8 nitrogen and oxygen atoms in total. The van der Waals surface area contributed by atoms with Gasteiger partial charge in [0.2, 0.25) is 5.76 Å². The highest BCUT2D eigenvalue weighted by atomic mass is 16.6. The molecule has 0 aliphatic heterocycles. The van der Waals surface area contributed by atoms with Gasteiger partial charge in [-0.05, 0) is 36.4 Å². The van der Waals surface area contributed by atoms with Crippen LogP contribution in [-0.4, -0.2) is 32.7 Å². The van der Waals surface area contributed by atoms with E-state index in [0.29, 0.717) is 28.7 Å². The minimum absolute atomic E-state index is 0.0200. The fourth-order valence-electron chi connectivity index (χ4n) is 2.54. The summed E-state index contributed by atoms with van der Waals surface area (Å²) in [5.74, 6) is 0.823. The molecule has 1 heterocycles. The van der Waals surface area contributed by atoms with Gasteiger partial charge in [0, 0.05) is 6.07 Å². The summed E-state index contributed by atoms with van der Waals surface area (Å²) in [5.41, 5.74) is 0.399. The Morgan fingerprint density at radius 3 is 2.47 bits per heavy atom. The van der Waals surface area contributed by atoms with E-state index in [4.69, 9.17) is 23.4 Å². The Bertz CT molecular complexity index is 998. The average molecular weight is 411 g/mol. The third kappa shape index (κ3) is 5.54. The summed E-state index contributed by atoms with van der Waals surface area (Å²) in [6.07, 6.45) is 0. The van der Waals surface area contributed by atoms with E-state index in [2.05, 4.69) is 5.32 Å². The first kappa shape index (κ1) is 20.8. The molecule has 0 aliphatic rings. The maximum absolute atomic E-state index is 12.1. The molecule has 0 radical (unpaired) electrons. The van der Waals surface area contributed by atoms with Gasteiger partial charge in [-0.2, -0.15) is 0 Å². The van der Waals surface area contributed by atoms with Crippen LogP contribution in [0.4, 0.5) is 5.69 Å². The summed E-state index contributed by atoms with van der Waals surface area (Å²) in [7, 11) is 2.99. The summed E-state index contributed by atoms with van der Waals surface area (Å²) in [6, 6.07) is 17.3. The van der Waals surface area contributed by atoms with Gasteiger partial charge < -0.3 is 28.7 Å². The first-order valence-corrected chi connectivity index (χ1v) is 9.04. The predicted molar refractivity (Wildman–Crippen MR) is 108 cm³/mol. The summed E-state index contributed by atoms with van der Waals surface area (Å²) in [4.78, 5) is 24.3. The van der Waals surface area contributed by atoms with Gasteiger partial charge in [-0.15, -0.1) is 0 Å². The van der Waals surface area contributed by atoms with E-state index in [0.717, 1.165) is 0 Å². The standard InChI is InChI=1S/C22H21NO7/c1-26-16-8-10-19(27-2)18(12-16)23-21(24)14-29-22(25)20-11-9-17(30-20)13-28-15-6-4-3-5-7-15/h3-12H,13-14H2,1-2H3,(H,23,24). The minimum Gasteiger partial charge on any atom is -0.497 e. The van der Waals surface area contributed by atoms with E-state index in [1.807, 2.05) is 30.3 Å². The lowest BCUT2D eigenvalue weighted by molar-refractivity contribution is -0.119. The minimum atomic E-state index is -0.756. The van der Waals surface area contributed by atoms with Crippen molar-refractivity contribution < 1.29 is 33.0 Å². The van der Waals surface area contributed by atoms with E-state index >= 15 is 0 Å². The lowest BCUT2D eigenvalue weighted by Crippen LogP contribution is -2.21. The zero-order chi connectivity index (χ0) is 21.3. The van der Waals surface area contributed by atoms with Crippen LogP contribution in [0.3, 0.4) is 0 Å². The molecule has 0 saturated carbocycles. The molecular formula is C22H21NO7. The molecular weight excluding hydrogens is 390 g/mol. The number of ether oxygens (including phenoxy) is 4. The molecule has 1 aromatic heterocycles. The normalized spacial score (nSPS) is 10.2. The Morgan fingerprint density at radius 1 is 0.933 bits per heavy atom. The number of carbonyl (C=O) groups excluding carboxylic acids is 2. The van der Waals surface area contributed by atoms with E-state index < -0.39 is 18.5 Å². The van der Waals surface area contributed by atoms with Gasteiger partial charge in [0.1, 0.15) is 29.6 Å². The molecule has 8 heteroatoms. The second-order valence-electron chi connectivity index (χ2n) is 6.06. The van der Waals surface area contributed by atoms with Crippen LogP contribution in [-0.2, 0) is 16.1 Å². The first-order valence-electron chi connectivity index (χ1n) is 9.04. The molecule has 0 saturated heterocycles. The lowest BCUT2D eigenvalue weighted by Gasteiger charge is -2.11. The fourth-order valence-corrected chi connectivity index (χ4v) is 2.54. The van der Waals surface area contributed by atoms with E-state index in [9.17, 15) is 9.59 Å². The number of hydrogen-bond acceptors (Lipinski definition) is 7. The molecule has 0 atom stereocenters. The van der Waals surface area contributed by atoms with Crippen molar-refractivity contribution in [3.63, 3.8) is 0 Å². The van der Waals surface area contributed by atoms with Gasteiger partial charge in [0.25, 0.3) is 5.91 Å². The lowest BCUT2D eigenvalue weighted by atomic mass is 10.2. The maximum atomic E-state index is 12.1. The van der Waals surface area contributed by atoms with Gasteiger partial charge in [-0.3, -0.25) is 4.79 Å². The highest BCUT2D eigenvalue weighted by Gasteiger charge is 2.16. The van der Waals surface area contributed by atoms with Gasteiger partial charge in [0.15, 0.2) is 6.61 Å². The predicted octanol–water partition coefficient (Wildman–Crippen LogP) is 3.67. The number of carbonyl (C=O) groups is 2. The molecule has 1 N–H and O–H groups in total. The number of rotatable bonds is 9. The van der Waals surface area contributed by atoms with Crippen molar-refractivity contribution in [3.05, 3.63) is 72.2 Å². The molecule has 0 fully saturated rings. The van der Waals surface area contributed by atoms with Crippen LogP contribution >= 0.6 is 0 Å². The topological polar surface area (TPSA) is 96.2 Å². The number of furan rings is 1. The molecule has 1 amide bonds. The monoisotopic (exact) mass is 411 g/mol. The number of esters is 1.